The zero-order valence-corrected chi connectivity index (χ0v) is 20.2. The number of thiophene rings is 1. The number of nitrogens with one attached hydrogen (secondary N) is 1. The fraction of sp³-hybridized carbons (Fsp3) is 0.364. The number of fused-ring (bicyclic) bond motifs is 1. The van der Waals surface area contributed by atoms with Crippen LogP contribution in [0.1, 0.15) is 29.9 Å². The summed E-state index contributed by atoms with van der Waals surface area (Å²) in [6.07, 6.45) is -1.54. The predicted octanol–water partition coefficient (Wildman–Crippen LogP) is 2.33. The molecular weight excluding hydrogens is 510 g/mol. The first kappa shape index (κ1) is 27.5. The van der Waals surface area contributed by atoms with Gasteiger partial charge in [0, 0.05) is 37.7 Å². The Morgan fingerprint density at radius 1 is 1.14 bits per heavy atom. The highest BCUT2D eigenvalue weighted by Crippen LogP contribution is 2.31. The number of nitrogens with two attached hydrogens (primary N) is 1. The van der Waals surface area contributed by atoms with Crippen molar-refractivity contribution in [2.24, 2.45) is 5.73 Å². The summed E-state index contributed by atoms with van der Waals surface area (Å²) < 4.78 is 0.958. The lowest BCUT2D eigenvalue weighted by molar-refractivity contribution is -0.799. The summed E-state index contributed by atoms with van der Waals surface area (Å²) in [5, 5.41) is 44.1. The minimum absolute atomic E-state index is 0.112. The normalized spacial score (nSPS) is 14.3. The first-order valence-corrected chi connectivity index (χ1v) is 11.9. The molecule has 37 heavy (non-hydrogen) atoms. The van der Waals surface area contributed by atoms with Crippen molar-refractivity contribution in [2.45, 2.75) is 43.6 Å². The summed E-state index contributed by atoms with van der Waals surface area (Å²) in [4.78, 5) is 45.9. The third-order valence-corrected chi connectivity index (χ3v) is 6.61. The quantitative estimate of drug-likeness (QED) is 0.125. The highest BCUT2D eigenvalue weighted by atomic mass is 32.1. The second-order valence-electron chi connectivity index (χ2n) is 8.07. The van der Waals surface area contributed by atoms with Crippen LogP contribution in [0.25, 0.3) is 10.1 Å². The summed E-state index contributed by atoms with van der Waals surface area (Å²) >= 11 is 1.44. The van der Waals surface area contributed by atoms with E-state index in [1.807, 2.05) is 12.1 Å². The van der Waals surface area contributed by atoms with Crippen molar-refractivity contribution in [3.05, 3.63) is 80.1 Å². The average Bonchev–Trinajstić information content (AvgIpc) is 3.24. The van der Waals surface area contributed by atoms with E-state index in [2.05, 4.69) is 20.0 Å². The van der Waals surface area contributed by atoms with E-state index in [4.69, 9.17) is 10.8 Å². The molecule has 0 aliphatic carbocycles. The highest BCUT2D eigenvalue weighted by molar-refractivity contribution is 7.22. The minimum atomic E-state index is -1.48. The SMILES string of the molecule is NCC(c1ccc(CC(O[N+](=O)[O-])C(CCC(=O)O)O[N+](=O)[O-])cc1)[C@H](O)Nc1cc2ccncc2s1. The van der Waals surface area contributed by atoms with Gasteiger partial charge in [-0.25, -0.2) is 0 Å². The molecule has 0 saturated carbocycles. The van der Waals surface area contributed by atoms with Gasteiger partial charge in [0.05, 0.1) is 9.70 Å². The monoisotopic (exact) mass is 535 g/mol. The van der Waals surface area contributed by atoms with E-state index < -0.39 is 46.9 Å². The molecule has 0 fully saturated rings. The summed E-state index contributed by atoms with van der Waals surface area (Å²) in [7, 11) is 0. The topological polar surface area (TPSA) is 213 Å². The largest absolute Gasteiger partial charge is 0.481 e. The Bertz CT molecular complexity index is 1190. The molecule has 0 amide bonds. The highest BCUT2D eigenvalue weighted by Gasteiger charge is 2.30. The maximum Gasteiger partial charge on any atom is 0.303 e. The van der Waals surface area contributed by atoms with Gasteiger partial charge in [-0.1, -0.05) is 24.3 Å². The van der Waals surface area contributed by atoms with Gasteiger partial charge >= 0.3 is 5.97 Å². The molecule has 5 N–H and O–H groups in total. The van der Waals surface area contributed by atoms with Crippen LogP contribution in [0.15, 0.2) is 48.8 Å². The van der Waals surface area contributed by atoms with Crippen molar-refractivity contribution < 1.29 is 34.9 Å². The van der Waals surface area contributed by atoms with Crippen molar-refractivity contribution in [1.82, 2.24) is 4.98 Å². The lowest BCUT2D eigenvalue weighted by atomic mass is 9.94. The first-order chi connectivity index (χ1) is 17.7. The molecule has 3 rings (SSSR count). The molecule has 0 spiro atoms. The number of aromatic nitrogens is 1. The third kappa shape index (κ3) is 7.96. The molecule has 4 atom stereocenters. The maximum atomic E-state index is 11.0. The number of rotatable bonds is 15. The van der Waals surface area contributed by atoms with Crippen molar-refractivity contribution in [3.63, 3.8) is 0 Å². The van der Waals surface area contributed by atoms with Crippen molar-refractivity contribution in [2.75, 3.05) is 11.9 Å². The number of aliphatic carboxylic acids is 1. The number of benzene rings is 1. The van der Waals surface area contributed by atoms with E-state index in [1.165, 1.54) is 11.3 Å². The lowest BCUT2D eigenvalue weighted by Gasteiger charge is -2.25. The van der Waals surface area contributed by atoms with Gasteiger partial charge in [0.25, 0.3) is 10.2 Å². The Morgan fingerprint density at radius 2 is 1.81 bits per heavy atom. The molecule has 3 aromatic rings. The van der Waals surface area contributed by atoms with Gasteiger partial charge in [-0.2, -0.15) is 0 Å². The lowest BCUT2D eigenvalue weighted by Crippen LogP contribution is -2.37. The molecule has 0 bridgehead atoms. The molecule has 2 heterocycles. The third-order valence-electron chi connectivity index (χ3n) is 5.59. The average molecular weight is 536 g/mol. The molecular formula is C22H25N5O9S. The molecule has 2 aromatic heterocycles. The standard InChI is InChI=1S/C22H25N5O9S/c23-11-16(22(30)25-20-10-15-7-8-24-12-19(15)37-20)14-3-1-13(2-4-14)9-18(36-27(33)34)17(35-26(31)32)5-6-21(28)29/h1-4,7-8,10,12,16-18,22,25,30H,5-6,9,11,23H2,(H,28,29)/t16?,17?,18?,22-/m0/s1. The first-order valence-electron chi connectivity index (χ1n) is 11.1. The van der Waals surface area contributed by atoms with E-state index in [1.54, 1.807) is 36.7 Å². The van der Waals surface area contributed by atoms with Crippen molar-refractivity contribution >= 4 is 32.4 Å². The van der Waals surface area contributed by atoms with Crippen LogP contribution in [0.4, 0.5) is 5.00 Å². The van der Waals surface area contributed by atoms with E-state index in [9.17, 15) is 30.1 Å². The molecule has 3 unspecified atom stereocenters. The van der Waals surface area contributed by atoms with Gasteiger partial charge in [0.2, 0.25) is 0 Å². The zero-order chi connectivity index (χ0) is 26.9. The van der Waals surface area contributed by atoms with E-state index in [0.29, 0.717) is 11.1 Å². The van der Waals surface area contributed by atoms with Gasteiger partial charge in [-0.05, 0) is 35.1 Å². The Balaban J connectivity index is 1.72. The van der Waals surface area contributed by atoms with Crippen LogP contribution in [0.2, 0.25) is 0 Å². The number of aliphatic hydroxyl groups is 1. The molecule has 0 saturated heterocycles. The van der Waals surface area contributed by atoms with E-state index >= 15 is 0 Å². The second-order valence-corrected chi connectivity index (χ2v) is 9.15. The van der Waals surface area contributed by atoms with Crippen LogP contribution in [0.3, 0.4) is 0 Å². The number of anilines is 1. The van der Waals surface area contributed by atoms with Crippen LogP contribution in [-0.2, 0) is 20.9 Å². The number of hydrogen-bond donors (Lipinski definition) is 4. The minimum Gasteiger partial charge on any atom is -0.481 e. The maximum absolute atomic E-state index is 11.0. The second kappa shape index (κ2) is 12.8. The fourth-order valence-corrected chi connectivity index (χ4v) is 4.77. The molecule has 0 radical (unpaired) electrons. The number of carboxylic acid groups (broad SMARTS) is 1. The number of pyridine rings is 1. The van der Waals surface area contributed by atoms with E-state index in [-0.39, 0.29) is 19.4 Å². The smallest absolute Gasteiger partial charge is 0.303 e. The van der Waals surface area contributed by atoms with Crippen LogP contribution in [-0.4, -0.2) is 56.3 Å². The number of hydrogen-bond acceptors (Lipinski definition) is 12. The van der Waals surface area contributed by atoms with Crippen LogP contribution >= 0.6 is 11.3 Å². The number of nitrogens with zero attached hydrogens (tertiary/aromatic N) is 3. The van der Waals surface area contributed by atoms with Gasteiger partial charge in [0.1, 0.15) is 18.4 Å². The molecule has 0 aliphatic heterocycles. The summed E-state index contributed by atoms with van der Waals surface area (Å²) in [6.45, 7) is 0.112. The summed E-state index contributed by atoms with van der Waals surface area (Å²) in [5.41, 5.74) is 7.12. The van der Waals surface area contributed by atoms with Crippen LogP contribution in [0, 0.1) is 20.2 Å². The van der Waals surface area contributed by atoms with Gasteiger partial charge in [-0.15, -0.1) is 31.6 Å². The van der Waals surface area contributed by atoms with Gasteiger partial charge < -0.3 is 30.9 Å². The fourth-order valence-electron chi connectivity index (χ4n) is 3.81. The molecule has 198 valence electrons. The molecule has 15 heteroatoms. The summed E-state index contributed by atoms with van der Waals surface area (Å²) in [6, 6.07) is 10.3. The Morgan fingerprint density at radius 3 is 2.41 bits per heavy atom. The molecule has 14 nitrogen and oxygen atoms in total. The summed E-state index contributed by atoms with van der Waals surface area (Å²) in [5.74, 6) is -1.74. The number of aliphatic hydroxyl groups excluding tert-OH is 1. The molecule has 0 aliphatic rings. The number of carboxylic acids is 1. The van der Waals surface area contributed by atoms with E-state index in [0.717, 1.165) is 15.1 Å². The molecule has 1 aromatic carbocycles. The van der Waals surface area contributed by atoms with Crippen LogP contribution < -0.4 is 11.1 Å². The van der Waals surface area contributed by atoms with Gasteiger partial charge in [0.15, 0.2) is 0 Å². The Kier molecular flexibility index (Phi) is 9.48. The van der Waals surface area contributed by atoms with Crippen molar-refractivity contribution in [3.8, 4) is 0 Å². The Labute approximate surface area is 213 Å². The van der Waals surface area contributed by atoms with Crippen LogP contribution in [0.5, 0.6) is 0 Å². The van der Waals surface area contributed by atoms with Gasteiger partial charge in [-0.3, -0.25) is 9.78 Å². The Hall–Kier alpha value is -4.08. The zero-order valence-electron chi connectivity index (χ0n) is 19.3. The predicted molar refractivity (Wildman–Crippen MR) is 132 cm³/mol. The number of carbonyl (C=O) groups is 1. The van der Waals surface area contributed by atoms with Crippen molar-refractivity contribution in [1.29, 1.82) is 0 Å².